The fraction of sp³-hybridized carbons (Fsp3) is 0.538. The molecule has 1 saturated heterocycles. The number of rotatable bonds is 5. The predicted octanol–water partition coefficient (Wildman–Crippen LogP) is 2.49. The Bertz CT molecular complexity index is 353. The van der Waals surface area contributed by atoms with Crippen LogP contribution in [0.25, 0.3) is 0 Å². The lowest BCUT2D eigenvalue weighted by Crippen LogP contribution is -2.41. The first kappa shape index (κ1) is 12.7. The largest absolute Gasteiger partial charge is 0.485 e. The topological polar surface area (TPSA) is 30.5 Å². The molecule has 0 amide bonds. The first-order valence-corrected chi connectivity index (χ1v) is 6.32. The van der Waals surface area contributed by atoms with Crippen LogP contribution in [0, 0.1) is 0 Å². The second-order valence-corrected chi connectivity index (χ2v) is 4.65. The second kappa shape index (κ2) is 6.24. The number of para-hydroxylation sites is 1. The minimum absolute atomic E-state index is 0.0161. The predicted molar refractivity (Wildman–Crippen MR) is 68.8 cm³/mol. The van der Waals surface area contributed by atoms with E-state index in [4.69, 9.17) is 21.1 Å². The molecule has 0 bridgehead atoms. The van der Waals surface area contributed by atoms with Crippen molar-refractivity contribution in [3.8, 4) is 5.75 Å². The van der Waals surface area contributed by atoms with E-state index in [0.29, 0.717) is 17.7 Å². The van der Waals surface area contributed by atoms with Crippen molar-refractivity contribution >= 4 is 11.6 Å². The van der Waals surface area contributed by atoms with Crippen LogP contribution in [-0.2, 0) is 4.74 Å². The molecule has 1 heterocycles. The summed E-state index contributed by atoms with van der Waals surface area (Å²) >= 11 is 6.09. The van der Waals surface area contributed by atoms with Gasteiger partial charge in [-0.3, -0.25) is 0 Å². The Morgan fingerprint density at radius 3 is 2.94 bits per heavy atom. The van der Waals surface area contributed by atoms with Gasteiger partial charge in [0.05, 0.1) is 11.6 Å². The second-order valence-electron chi connectivity index (χ2n) is 4.24. The van der Waals surface area contributed by atoms with E-state index in [9.17, 15) is 0 Å². The van der Waals surface area contributed by atoms with Crippen molar-refractivity contribution in [1.29, 1.82) is 0 Å². The SMILES string of the molecule is COCC(Oc1ccccc1Cl)C1CCCN1. The molecule has 17 heavy (non-hydrogen) atoms. The minimum Gasteiger partial charge on any atom is -0.485 e. The maximum absolute atomic E-state index is 6.09. The molecule has 0 saturated carbocycles. The average Bonchev–Trinajstić information content (AvgIpc) is 2.85. The van der Waals surface area contributed by atoms with Crippen LogP contribution >= 0.6 is 11.6 Å². The molecule has 0 spiro atoms. The van der Waals surface area contributed by atoms with Crippen molar-refractivity contribution in [2.75, 3.05) is 20.3 Å². The van der Waals surface area contributed by atoms with E-state index in [2.05, 4.69) is 5.32 Å². The third-order valence-electron chi connectivity index (χ3n) is 2.99. The summed E-state index contributed by atoms with van der Waals surface area (Å²) in [5, 5.41) is 4.08. The van der Waals surface area contributed by atoms with E-state index >= 15 is 0 Å². The van der Waals surface area contributed by atoms with Gasteiger partial charge in [-0.05, 0) is 31.5 Å². The summed E-state index contributed by atoms with van der Waals surface area (Å²) in [7, 11) is 1.69. The van der Waals surface area contributed by atoms with Crippen LogP contribution < -0.4 is 10.1 Å². The van der Waals surface area contributed by atoms with Gasteiger partial charge in [-0.25, -0.2) is 0 Å². The molecule has 1 aromatic carbocycles. The first-order chi connectivity index (χ1) is 8.31. The molecular formula is C13H18ClNO2. The number of nitrogens with one attached hydrogen (secondary N) is 1. The maximum atomic E-state index is 6.09. The summed E-state index contributed by atoms with van der Waals surface area (Å²) in [6.07, 6.45) is 2.33. The number of ether oxygens (including phenoxy) is 2. The van der Waals surface area contributed by atoms with Crippen LogP contribution in [0.4, 0.5) is 0 Å². The van der Waals surface area contributed by atoms with E-state index in [1.54, 1.807) is 7.11 Å². The quantitative estimate of drug-likeness (QED) is 0.877. The number of methoxy groups -OCH3 is 1. The van der Waals surface area contributed by atoms with Gasteiger partial charge in [0.15, 0.2) is 0 Å². The molecule has 3 nitrogen and oxygen atoms in total. The zero-order valence-corrected chi connectivity index (χ0v) is 10.7. The van der Waals surface area contributed by atoms with Crippen molar-refractivity contribution < 1.29 is 9.47 Å². The average molecular weight is 256 g/mol. The zero-order chi connectivity index (χ0) is 12.1. The third-order valence-corrected chi connectivity index (χ3v) is 3.31. The molecule has 2 atom stereocenters. The fourth-order valence-corrected chi connectivity index (χ4v) is 2.31. The Labute approximate surface area is 107 Å². The van der Waals surface area contributed by atoms with Crippen LogP contribution in [-0.4, -0.2) is 32.4 Å². The van der Waals surface area contributed by atoms with Crippen molar-refractivity contribution in [3.63, 3.8) is 0 Å². The van der Waals surface area contributed by atoms with Crippen LogP contribution in [0.1, 0.15) is 12.8 Å². The highest BCUT2D eigenvalue weighted by Gasteiger charge is 2.26. The Morgan fingerprint density at radius 2 is 2.29 bits per heavy atom. The van der Waals surface area contributed by atoms with Crippen LogP contribution in [0.15, 0.2) is 24.3 Å². The van der Waals surface area contributed by atoms with E-state index in [1.165, 1.54) is 6.42 Å². The fourth-order valence-electron chi connectivity index (χ4n) is 2.13. The van der Waals surface area contributed by atoms with E-state index in [0.717, 1.165) is 18.7 Å². The van der Waals surface area contributed by atoms with Gasteiger partial charge in [0.25, 0.3) is 0 Å². The van der Waals surface area contributed by atoms with Gasteiger partial charge in [0.2, 0.25) is 0 Å². The molecular weight excluding hydrogens is 238 g/mol. The van der Waals surface area contributed by atoms with Gasteiger partial charge < -0.3 is 14.8 Å². The van der Waals surface area contributed by atoms with Crippen molar-refractivity contribution in [1.82, 2.24) is 5.32 Å². The Balaban J connectivity index is 2.04. The molecule has 0 radical (unpaired) electrons. The monoisotopic (exact) mass is 255 g/mol. The normalized spacial score (nSPS) is 21.4. The Kier molecular flexibility index (Phi) is 4.66. The summed E-state index contributed by atoms with van der Waals surface area (Å²) in [5.41, 5.74) is 0. The van der Waals surface area contributed by atoms with Gasteiger partial charge in [0.1, 0.15) is 11.9 Å². The lowest BCUT2D eigenvalue weighted by molar-refractivity contribution is 0.0603. The lowest BCUT2D eigenvalue weighted by atomic mass is 10.1. The number of hydrogen-bond acceptors (Lipinski definition) is 3. The van der Waals surface area contributed by atoms with Crippen LogP contribution in [0.5, 0.6) is 5.75 Å². The molecule has 4 heteroatoms. The minimum atomic E-state index is 0.0161. The zero-order valence-electron chi connectivity index (χ0n) is 9.99. The third kappa shape index (κ3) is 3.35. The van der Waals surface area contributed by atoms with Gasteiger partial charge in [-0.2, -0.15) is 0 Å². The summed E-state index contributed by atoms with van der Waals surface area (Å²) in [5.74, 6) is 0.727. The maximum Gasteiger partial charge on any atom is 0.138 e. The molecule has 94 valence electrons. The smallest absolute Gasteiger partial charge is 0.138 e. The van der Waals surface area contributed by atoms with Gasteiger partial charge >= 0.3 is 0 Å². The molecule has 1 N–H and O–H groups in total. The van der Waals surface area contributed by atoms with E-state index in [-0.39, 0.29) is 6.10 Å². The molecule has 1 aliphatic heterocycles. The van der Waals surface area contributed by atoms with Crippen molar-refractivity contribution in [2.45, 2.75) is 25.0 Å². The highest BCUT2D eigenvalue weighted by Crippen LogP contribution is 2.26. The lowest BCUT2D eigenvalue weighted by Gasteiger charge is -2.24. The van der Waals surface area contributed by atoms with E-state index in [1.807, 2.05) is 24.3 Å². The molecule has 1 aromatic rings. The van der Waals surface area contributed by atoms with Gasteiger partial charge in [-0.15, -0.1) is 0 Å². The standard InChI is InChI=1S/C13H18ClNO2/c1-16-9-13(11-6-4-8-15-11)17-12-7-3-2-5-10(12)14/h2-3,5,7,11,13,15H,4,6,8-9H2,1H3. The van der Waals surface area contributed by atoms with E-state index < -0.39 is 0 Å². The highest BCUT2D eigenvalue weighted by molar-refractivity contribution is 6.32. The first-order valence-electron chi connectivity index (χ1n) is 5.95. The summed E-state index contributed by atoms with van der Waals surface area (Å²) in [4.78, 5) is 0. The molecule has 1 fully saturated rings. The molecule has 0 aromatic heterocycles. The summed E-state index contributed by atoms with van der Waals surface area (Å²) in [6, 6.07) is 7.90. The van der Waals surface area contributed by atoms with Crippen LogP contribution in [0.3, 0.4) is 0 Å². The van der Waals surface area contributed by atoms with Gasteiger partial charge in [-0.1, -0.05) is 23.7 Å². The van der Waals surface area contributed by atoms with Crippen molar-refractivity contribution in [2.24, 2.45) is 0 Å². The molecule has 1 aliphatic rings. The number of hydrogen-bond donors (Lipinski definition) is 1. The number of benzene rings is 1. The van der Waals surface area contributed by atoms with Crippen LogP contribution in [0.2, 0.25) is 5.02 Å². The summed E-state index contributed by atoms with van der Waals surface area (Å²) < 4.78 is 11.2. The van der Waals surface area contributed by atoms with Crippen molar-refractivity contribution in [3.05, 3.63) is 29.3 Å². The Morgan fingerprint density at radius 1 is 1.47 bits per heavy atom. The molecule has 0 aliphatic carbocycles. The molecule has 2 rings (SSSR count). The Hall–Kier alpha value is -0.770. The molecule has 2 unspecified atom stereocenters. The number of halogens is 1. The van der Waals surface area contributed by atoms with Gasteiger partial charge in [0, 0.05) is 13.2 Å². The summed E-state index contributed by atoms with van der Waals surface area (Å²) in [6.45, 7) is 1.62. The highest BCUT2D eigenvalue weighted by atomic mass is 35.5.